The Kier molecular flexibility index (Phi) is 4.30. The van der Waals surface area contributed by atoms with E-state index in [1.165, 1.54) is 0 Å². The average molecular weight is 365 g/mol. The second-order valence-corrected chi connectivity index (χ2v) is 7.22. The second-order valence-electron chi connectivity index (χ2n) is 7.22. The van der Waals surface area contributed by atoms with E-state index in [0.29, 0.717) is 12.0 Å². The van der Waals surface area contributed by atoms with E-state index in [4.69, 9.17) is 14.2 Å². The lowest BCUT2D eigenvalue weighted by Crippen LogP contribution is -2.54. The van der Waals surface area contributed by atoms with Crippen LogP contribution < -0.4 is 14.8 Å². The number of para-hydroxylation sites is 1. The normalized spacial score (nSPS) is 23.0. The minimum absolute atomic E-state index is 0.0374. The summed E-state index contributed by atoms with van der Waals surface area (Å²) in [6.07, 6.45) is 0.689. The SMILES string of the molecule is COc1ccc(COC(=O)C2=C(C)NC3(C)CC2c2ccccc2O3)cc1. The number of hydrogen-bond acceptors (Lipinski definition) is 5. The summed E-state index contributed by atoms with van der Waals surface area (Å²) in [6, 6.07) is 15.4. The van der Waals surface area contributed by atoms with Gasteiger partial charge in [-0.05, 0) is 37.6 Å². The predicted octanol–water partition coefficient (Wildman–Crippen LogP) is 3.90. The molecule has 0 amide bonds. The van der Waals surface area contributed by atoms with Gasteiger partial charge in [0.15, 0.2) is 5.72 Å². The van der Waals surface area contributed by atoms with Gasteiger partial charge in [0.1, 0.15) is 18.1 Å². The molecule has 2 unspecified atom stereocenters. The Balaban J connectivity index is 1.57. The van der Waals surface area contributed by atoms with Crippen LogP contribution in [0.1, 0.15) is 37.3 Å². The molecule has 2 aliphatic heterocycles. The number of carbonyl (C=O) groups is 1. The first kappa shape index (κ1) is 17.5. The van der Waals surface area contributed by atoms with Crippen molar-refractivity contribution in [2.45, 2.75) is 38.5 Å². The lowest BCUT2D eigenvalue weighted by molar-refractivity contribution is -0.141. The van der Waals surface area contributed by atoms with Crippen molar-refractivity contribution < 1.29 is 19.0 Å². The molecular weight excluding hydrogens is 342 g/mol. The molecule has 0 aliphatic carbocycles. The molecule has 0 fully saturated rings. The van der Waals surface area contributed by atoms with E-state index in [2.05, 4.69) is 5.32 Å². The Morgan fingerprint density at radius 2 is 1.96 bits per heavy atom. The zero-order valence-electron chi connectivity index (χ0n) is 15.7. The van der Waals surface area contributed by atoms with Gasteiger partial charge in [-0.15, -0.1) is 0 Å². The predicted molar refractivity (Wildman–Crippen MR) is 101 cm³/mol. The fourth-order valence-corrected chi connectivity index (χ4v) is 3.95. The molecular formula is C22H23NO4. The number of ether oxygens (including phenoxy) is 3. The van der Waals surface area contributed by atoms with Gasteiger partial charge >= 0.3 is 5.97 Å². The van der Waals surface area contributed by atoms with Crippen molar-refractivity contribution in [3.05, 3.63) is 70.9 Å². The summed E-state index contributed by atoms with van der Waals surface area (Å²) < 4.78 is 16.9. The lowest BCUT2D eigenvalue weighted by Gasteiger charge is -2.45. The molecule has 2 heterocycles. The zero-order chi connectivity index (χ0) is 19.0. The van der Waals surface area contributed by atoms with E-state index in [1.54, 1.807) is 7.11 Å². The van der Waals surface area contributed by atoms with Crippen LogP contribution in [-0.4, -0.2) is 18.8 Å². The number of hydrogen-bond donors (Lipinski definition) is 1. The first-order valence-electron chi connectivity index (χ1n) is 9.06. The molecule has 2 aromatic rings. The van der Waals surface area contributed by atoms with Crippen molar-refractivity contribution in [3.8, 4) is 11.5 Å². The second kappa shape index (κ2) is 6.65. The smallest absolute Gasteiger partial charge is 0.336 e. The van der Waals surface area contributed by atoms with Crippen LogP contribution in [0.5, 0.6) is 11.5 Å². The van der Waals surface area contributed by atoms with Gasteiger partial charge in [-0.3, -0.25) is 0 Å². The number of carbonyl (C=O) groups excluding carboxylic acids is 1. The molecule has 0 saturated carbocycles. The van der Waals surface area contributed by atoms with E-state index in [0.717, 1.165) is 28.3 Å². The lowest BCUT2D eigenvalue weighted by atomic mass is 9.78. The molecule has 0 aromatic heterocycles. The average Bonchev–Trinajstić information content (AvgIpc) is 2.66. The topological polar surface area (TPSA) is 56.8 Å². The quantitative estimate of drug-likeness (QED) is 0.833. The van der Waals surface area contributed by atoms with Crippen LogP contribution in [0, 0.1) is 0 Å². The molecule has 5 nitrogen and oxygen atoms in total. The maximum atomic E-state index is 12.9. The molecule has 27 heavy (non-hydrogen) atoms. The molecule has 0 radical (unpaired) electrons. The zero-order valence-corrected chi connectivity index (χ0v) is 15.7. The van der Waals surface area contributed by atoms with Gasteiger partial charge < -0.3 is 19.5 Å². The third-order valence-corrected chi connectivity index (χ3v) is 5.18. The number of methoxy groups -OCH3 is 1. The van der Waals surface area contributed by atoms with Gasteiger partial charge in [-0.25, -0.2) is 4.79 Å². The Labute approximate surface area is 158 Å². The Morgan fingerprint density at radius 3 is 2.70 bits per heavy atom. The highest BCUT2D eigenvalue weighted by Gasteiger charge is 2.45. The van der Waals surface area contributed by atoms with E-state index >= 15 is 0 Å². The van der Waals surface area contributed by atoms with Gasteiger partial charge in [0.05, 0.1) is 12.7 Å². The number of nitrogens with one attached hydrogen (secondary N) is 1. The fraction of sp³-hybridized carbons (Fsp3) is 0.318. The van der Waals surface area contributed by atoms with Crippen molar-refractivity contribution in [2.75, 3.05) is 7.11 Å². The van der Waals surface area contributed by atoms with E-state index < -0.39 is 5.72 Å². The molecule has 4 rings (SSSR count). The van der Waals surface area contributed by atoms with Gasteiger partial charge in [0.25, 0.3) is 0 Å². The highest BCUT2D eigenvalue weighted by Crippen LogP contribution is 2.47. The van der Waals surface area contributed by atoms with Gasteiger partial charge in [0.2, 0.25) is 0 Å². The molecule has 0 saturated heterocycles. The maximum Gasteiger partial charge on any atom is 0.336 e. The summed E-state index contributed by atoms with van der Waals surface area (Å²) >= 11 is 0. The molecule has 2 aromatic carbocycles. The van der Waals surface area contributed by atoms with Crippen LogP contribution in [0.2, 0.25) is 0 Å². The van der Waals surface area contributed by atoms with Crippen LogP contribution in [0.3, 0.4) is 0 Å². The van der Waals surface area contributed by atoms with Crippen molar-refractivity contribution >= 4 is 5.97 Å². The summed E-state index contributed by atoms with van der Waals surface area (Å²) in [5.41, 5.74) is 2.93. The fourth-order valence-electron chi connectivity index (χ4n) is 3.95. The number of rotatable bonds is 4. The largest absolute Gasteiger partial charge is 0.497 e. The molecule has 0 spiro atoms. The van der Waals surface area contributed by atoms with Crippen molar-refractivity contribution in [1.82, 2.24) is 5.32 Å². The van der Waals surface area contributed by atoms with Crippen LogP contribution in [0.25, 0.3) is 0 Å². The van der Waals surface area contributed by atoms with Crippen molar-refractivity contribution in [3.63, 3.8) is 0 Å². The van der Waals surface area contributed by atoms with Crippen molar-refractivity contribution in [1.29, 1.82) is 0 Å². The minimum atomic E-state index is -0.511. The summed E-state index contributed by atoms with van der Waals surface area (Å²) in [7, 11) is 1.62. The number of esters is 1. The highest BCUT2D eigenvalue weighted by atomic mass is 16.5. The molecule has 2 bridgehead atoms. The number of benzene rings is 2. The van der Waals surface area contributed by atoms with Crippen LogP contribution >= 0.6 is 0 Å². The van der Waals surface area contributed by atoms with Gasteiger partial charge in [0, 0.05) is 23.6 Å². The van der Waals surface area contributed by atoms with E-state index in [9.17, 15) is 4.79 Å². The molecule has 1 N–H and O–H groups in total. The van der Waals surface area contributed by atoms with E-state index in [1.807, 2.05) is 62.4 Å². The summed E-state index contributed by atoms with van der Waals surface area (Å²) in [6.45, 7) is 4.15. The highest BCUT2D eigenvalue weighted by molar-refractivity contribution is 5.91. The minimum Gasteiger partial charge on any atom is -0.497 e. The Bertz CT molecular complexity index is 903. The first-order valence-corrected chi connectivity index (χ1v) is 9.06. The monoisotopic (exact) mass is 365 g/mol. The standard InChI is InChI=1S/C22H23NO4/c1-14-20(21(24)26-13-15-8-10-16(25-3)11-9-15)18-12-22(2,23-14)27-19-7-5-4-6-17(18)19/h4-11,18,23H,12-13H2,1-3H3. The van der Waals surface area contributed by atoms with Crippen LogP contribution in [-0.2, 0) is 16.1 Å². The molecule has 5 heteroatoms. The summed E-state index contributed by atoms with van der Waals surface area (Å²) in [5, 5.41) is 3.35. The van der Waals surface area contributed by atoms with E-state index in [-0.39, 0.29) is 18.5 Å². The van der Waals surface area contributed by atoms with Crippen LogP contribution in [0.15, 0.2) is 59.8 Å². The van der Waals surface area contributed by atoms with Gasteiger partial charge in [-0.2, -0.15) is 0 Å². The Hall–Kier alpha value is -2.95. The molecule has 140 valence electrons. The summed E-state index contributed by atoms with van der Waals surface area (Å²) in [4.78, 5) is 12.9. The van der Waals surface area contributed by atoms with Crippen molar-refractivity contribution in [2.24, 2.45) is 0 Å². The third-order valence-electron chi connectivity index (χ3n) is 5.18. The van der Waals surface area contributed by atoms with Crippen LogP contribution in [0.4, 0.5) is 0 Å². The number of allylic oxidation sites excluding steroid dienone is 1. The molecule has 2 aliphatic rings. The first-order chi connectivity index (χ1) is 13.0. The maximum absolute atomic E-state index is 12.9. The number of fused-ring (bicyclic) bond motifs is 4. The molecule has 2 atom stereocenters. The Morgan fingerprint density at radius 1 is 1.22 bits per heavy atom. The summed E-state index contributed by atoms with van der Waals surface area (Å²) in [5.74, 6) is 1.26. The third kappa shape index (κ3) is 3.25. The van der Waals surface area contributed by atoms with Gasteiger partial charge in [-0.1, -0.05) is 30.3 Å².